The largest absolute Gasteiger partial charge is 0.460 e. The van der Waals surface area contributed by atoms with E-state index in [1.807, 2.05) is 6.92 Å². The van der Waals surface area contributed by atoms with Crippen LogP contribution < -0.4 is 0 Å². The van der Waals surface area contributed by atoms with E-state index < -0.39 is 3.93 Å². The monoisotopic (exact) mass is 406 g/mol. The highest BCUT2D eigenvalue weighted by atomic mass is 80.0. The highest BCUT2D eigenvalue weighted by molar-refractivity contribution is 9.72. The van der Waals surface area contributed by atoms with Crippen molar-refractivity contribution in [3.05, 3.63) is 12.7 Å². The summed E-state index contributed by atoms with van der Waals surface area (Å²) >= 11 is 10.6. The zero-order chi connectivity index (χ0) is 11.2. The predicted molar refractivity (Wildman–Crippen MR) is 72.3 cm³/mol. The molecular weight excluding hydrogens is 396 g/mol. The van der Waals surface area contributed by atoms with Gasteiger partial charge in [-0.1, -0.05) is 52.5 Å². The summed E-state index contributed by atoms with van der Waals surface area (Å²) in [6.45, 7) is 5.23. The van der Waals surface area contributed by atoms with Gasteiger partial charge in [0.15, 0.2) is 0 Å². The van der Waals surface area contributed by atoms with Gasteiger partial charge in [-0.25, -0.2) is 4.79 Å². The van der Waals surface area contributed by atoms with Crippen molar-refractivity contribution < 1.29 is 9.53 Å². The van der Waals surface area contributed by atoms with Gasteiger partial charge >= 0.3 is 5.97 Å². The Balaban J connectivity index is 3.59. The van der Waals surface area contributed by atoms with Gasteiger partial charge in [-0.05, 0) is 25.8 Å². The van der Waals surface area contributed by atoms with Crippen LogP contribution in [0.2, 0.25) is 6.04 Å². The van der Waals surface area contributed by atoms with Crippen LogP contribution in [0.15, 0.2) is 12.7 Å². The molecule has 1 unspecified atom stereocenters. The van der Waals surface area contributed by atoms with Gasteiger partial charge in [0.1, 0.15) is 0 Å². The third-order valence-corrected chi connectivity index (χ3v) is 6.04. The van der Waals surface area contributed by atoms with Gasteiger partial charge in [-0.3, -0.25) is 0 Å². The van der Waals surface area contributed by atoms with Gasteiger partial charge in [0.05, 0.1) is 6.10 Å². The minimum atomic E-state index is -1.50. The number of rotatable bonds is 6. The summed E-state index contributed by atoms with van der Waals surface area (Å²) in [4.78, 5) is 10.8. The molecule has 0 aliphatic carbocycles. The summed E-state index contributed by atoms with van der Waals surface area (Å²) in [5.74, 6) is -0.350. The smallest absolute Gasteiger partial charge is 0.330 e. The average Bonchev–Trinajstić information content (AvgIpc) is 2.01. The number of ether oxygens (including phenoxy) is 1. The van der Waals surface area contributed by atoms with Crippen LogP contribution in [0.5, 0.6) is 0 Å². The molecule has 0 aromatic carbocycles. The van der Waals surface area contributed by atoms with Crippen LogP contribution in [-0.4, -0.2) is 16.0 Å². The van der Waals surface area contributed by atoms with Crippen molar-refractivity contribution in [2.75, 3.05) is 0 Å². The van der Waals surface area contributed by atoms with Crippen molar-refractivity contribution in [1.82, 2.24) is 0 Å². The Hall–Kier alpha value is 0.867. The molecule has 0 saturated carbocycles. The fraction of sp³-hybridized carbons (Fsp3) is 0.625. The Morgan fingerprint density at radius 3 is 2.57 bits per heavy atom. The number of carbonyl (C=O) groups excluding carboxylic acids is 1. The van der Waals surface area contributed by atoms with E-state index in [9.17, 15) is 4.79 Å². The molecule has 0 fully saturated rings. The van der Waals surface area contributed by atoms with E-state index in [1.165, 1.54) is 6.08 Å². The van der Waals surface area contributed by atoms with Crippen LogP contribution >= 0.6 is 45.9 Å². The zero-order valence-electron chi connectivity index (χ0n) is 7.93. The molecule has 0 bridgehead atoms. The van der Waals surface area contributed by atoms with E-state index in [4.69, 9.17) is 4.74 Å². The Morgan fingerprint density at radius 2 is 2.14 bits per heavy atom. The fourth-order valence-electron chi connectivity index (χ4n) is 0.895. The number of hydrogen-bond donors (Lipinski definition) is 0. The van der Waals surface area contributed by atoms with Crippen LogP contribution in [0, 0.1) is 0 Å². The van der Waals surface area contributed by atoms with Gasteiger partial charge in [-0.15, -0.1) is 0 Å². The second-order valence-corrected chi connectivity index (χ2v) is 26.5. The van der Waals surface area contributed by atoms with E-state index in [2.05, 4.69) is 52.5 Å². The lowest BCUT2D eigenvalue weighted by molar-refractivity contribution is -0.142. The average molecular weight is 409 g/mol. The Bertz CT molecular complexity index is 203. The molecule has 2 nitrogen and oxygen atoms in total. The van der Waals surface area contributed by atoms with Crippen LogP contribution in [-0.2, 0) is 9.53 Å². The van der Waals surface area contributed by atoms with Crippen LogP contribution in [0.3, 0.4) is 0 Å². The van der Waals surface area contributed by atoms with Crippen LogP contribution in [0.25, 0.3) is 0 Å². The number of esters is 1. The fourth-order valence-corrected chi connectivity index (χ4v) is 4.02. The van der Waals surface area contributed by atoms with E-state index in [1.54, 1.807) is 0 Å². The Labute approximate surface area is 109 Å². The van der Waals surface area contributed by atoms with Crippen molar-refractivity contribution in [3.8, 4) is 0 Å². The lowest BCUT2D eigenvalue weighted by atomic mass is 10.2. The van der Waals surface area contributed by atoms with Crippen LogP contribution in [0.4, 0.5) is 0 Å². The van der Waals surface area contributed by atoms with Crippen molar-refractivity contribution in [1.29, 1.82) is 0 Å². The number of halogens is 3. The summed E-state index contributed by atoms with van der Waals surface area (Å²) in [7, 11) is 0. The quantitative estimate of drug-likeness (QED) is 0.287. The summed E-state index contributed by atoms with van der Waals surface area (Å²) < 4.78 is 3.53. The predicted octanol–water partition coefficient (Wildman–Crippen LogP) is 4.01. The van der Waals surface area contributed by atoms with Gasteiger partial charge in [-0.2, -0.15) is 0 Å². The third kappa shape index (κ3) is 9.42. The lowest BCUT2D eigenvalue weighted by Gasteiger charge is -2.13. The molecule has 0 heterocycles. The molecule has 0 rings (SSSR count). The van der Waals surface area contributed by atoms with Crippen molar-refractivity contribution in [2.24, 2.45) is 0 Å². The molecule has 6 heteroatoms. The molecule has 0 aliphatic heterocycles. The summed E-state index contributed by atoms with van der Waals surface area (Å²) in [6.07, 6.45) is 3.04. The molecule has 0 N–H and O–H groups in total. The molecule has 0 aromatic heterocycles. The van der Waals surface area contributed by atoms with Gasteiger partial charge in [0.25, 0.3) is 3.93 Å². The minimum Gasteiger partial charge on any atom is -0.460 e. The van der Waals surface area contributed by atoms with E-state index in [-0.39, 0.29) is 12.1 Å². The highest BCUT2D eigenvalue weighted by Gasteiger charge is 2.21. The van der Waals surface area contributed by atoms with Crippen molar-refractivity contribution >= 4 is 55.8 Å². The first-order chi connectivity index (χ1) is 6.35. The van der Waals surface area contributed by atoms with Crippen molar-refractivity contribution in [2.45, 2.75) is 31.9 Å². The zero-order valence-corrected chi connectivity index (χ0v) is 13.7. The molecule has 0 aromatic rings. The highest BCUT2D eigenvalue weighted by Crippen LogP contribution is 2.33. The second-order valence-electron chi connectivity index (χ2n) is 2.96. The van der Waals surface area contributed by atoms with E-state index in [0.29, 0.717) is 0 Å². The Kier molecular flexibility index (Phi) is 7.64. The third-order valence-electron chi connectivity index (χ3n) is 1.55. The molecular formula is C8H13Br3O2Si. The SMILES string of the molecule is C=CC(=O)OC(C)CCC[Si](Br)(Br)Br. The number of carbonyl (C=O) groups is 1. The summed E-state index contributed by atoms with van der Waals surface area (Å²) in [6, 6.07) is 1.04. The van der Waals surface area contributed by atoms with E-state index >= 15 is 0 Å². The summed E-state index contributed by atoms with van der Waals surface area (Å²) in [5, 5.41) is 0. The lowest BCUT2D eigenvalue weighted by Crippen LogP contribution is -2.14. The summed E-state index contributed by atoms with van der Waals surface area (Å²) in [5.41, 5.74) is 0. The normalized spacial score (nSPS) is 13.4. The molecule has 14 heavy (non-hydrogen) atoms. The van der Waals surface area contributed by atoms with E-state index in [0.717, 1.165) is 18.9 Å². The van der Waals surface area contributed by atoms with Crippen molar-refractivity contribution in [3.63, 3.8) is 0 Å². The first-order valence-electron chi connectivity index (χ1n) is 4.25. The molecule has 0 radical (unpaired) electrons. The van der Waals surface area contributed by atoms with Crippen LogP contribution in [0.1, 0.15) is 19.8 Å². The molecule has 1 atom stereocenters. The first kappa shape index (κ1) is 14.9. The molecule has 82 valence electrons. The maximum absolute atomic E-state index is 10.8. The molecule has 0 spiro atoms. The van der Waals surface area contributed by atoms with Gasteiger partial charge in [0, 0.05) is 6.08 Å². The molecule has 0 amide bonds. The molecule has 0 aliphatic rings. The standard InChI is InChI=1S/C8H13Br3O2Si/c1-3-8(12)13-7(2)5-4-6-14(9,10)11/h3,7H,1,4-6H2,2H3. The van der Waals surface area contributed by atoms with Gasteiger partial charge in [0.2, 0.25) is 0 Å². The topological polar surface area (TPSA) is 26.3 Å². The first-order valence-corrected chi connectivity index (χ1v) is 13.2. The maximum Gasteiger partial charge on any atom is 0.330 e. The number of hydrogen-bond acceptors (Lipinski definition) is 2. The second kappa shape index (κ2) is 7.19. The molecule has 0 saturated heterocycles. The maximum atomic E-state index is 10.8. The minimum absolute atomic E-state index is 0.0376. The van der Waals surface area contributed by atoms with Gasteiger partial charge < -0.3 is 4.74 Å². The Morgan fingerprint density at radius 1 is 1.57 bits per heavy atom.